The number of morpholine rings is 1. The lowest BCUT2D eigenvalue weighted by Gasteiger charge is -2.27. The molecular formula is C9H14N4OS. The normalized spacial score (nSPS) is 16.7. The molecule has 1 aliphatic rings. The van der Waals surface area contributed by atoms with Gasteiger partial charge in [0.1, 0.15) is 5.82 Å². The number of aromatic nitrogens is 3. The van der Waals surface area contributed by atoms with E-state index in [1.54, 1.807) is 0 Å². The molecule has 1 N–H and O–H groups in total. The van der Waals surface area contributed by atoms with Crippen LogP contribution in [-0.2, 0) is 11.2 Å². The van der Waals surface area contributed by atoms with Crippen molar-refractivity contribution in [3.8, 4) is 0 Å². The summed E-state index contributed by atoms with van der Waals surface area (Å²) in [5, 5.41) is 0. The van der Waals surface area contributed by atoms with Gasteiger partial charge < -0.3 is 14.6 Å². The van der Waals surface area contributed by atoms with Crippen molar-refractivity contribution in [3.05, 3.63) is 10.6 Å². The maximum atomic E-state index is 5.28. The molecule has 1 aromatic rings. The van der Waals surface area contributed by atoms with Gasteiger partial charge in [0.05, 0.1) is 13.2 Å². The van der Waals surface area contributed by atoms with Gasteiger partial charge in [-0.25, -0.2) is 4.98 Å². The molecule has 0 atom stereocenters. The van der Waals surface area contributed by atoms with E-state index in [2.05, 4.69) is 19.9 Å². The minimum absolute atomic E-state index is 0.409. The Bertz CT molecular complexity index is 386. The molecule has 0 amide bonds. The first-order chi connectivity index (χ1) is 7.29. The van der Waals surface area contributed by atoms with E-state index in [-0.39, 0.29) is 0 Å². The van der Waals surface area contributed by atoms with Gasteiger partial charge in [0.25, 0.3) is 0 Å². The van der Waals surface area contributed by atoms with Crippen molar-refractivity contribution in [1.82, 2.24) is 15.0 Å². The molecule has 82 valence electrons. The summed E-state index contributed by atoms with van der Waals surface area (Å²) in [5.74, 6) is 1.70. The van der Waals surface area contributed by atoms with Crippen LogP contribution in [-0.4, -0.2) is 41.3 Å². The van der Waals surface area contributed by atoms with E-state index in [1.165, 1.54) is 0 Å². The van der Waals surface area contributed by atoms with Crippen molar-refractivity contribution >= 4 is 18.2 Å². The predicted octanol–water partition coefficient (Wildman–Crippen LogP) is 0.933. The predicted molar refractivity (Wildman–Crippen MR) is 59.6 cm³/mol. The number of hydrogen-bond acceptors (Lipinski definition) is 5. The standard InChI is InChI=1S/C9H14N4OS/c1-2-7-10-8(12-9(15)11-7)13-3-5-14-6-4-13/h2-6H2,1H3,(H,10,11,12,15). The van der Waals surface area contributed by atoms with Crippen molar-refractivity contribution in [3.63, 3.8) is 0 Å². The first kappa shape index (κ1) is 10.5. The molecule has 0 aromatic carbocycles. The van der Waals surface area contributed by atoms with Crippen LogP contribution in [0.1, 0.15) is 12.7 Å². The molecule has 1 aliphatic heterocycles. The Hall–Kier alpha value is -1.01. The number of anilines is 1. The van der Waals surface area contributed by atoms with E-state index in [1.807, 2.05) is 6.92 Å². The van der Waals surface area contributed by atoms with E-state index >= 15 is 0 Å². The number of rotatable bonds is 2. The lowest BCUT2D eigenvalue weighted by atomic mass is 10.4. The third-order valence-corrected chi connectivity index (χ3v) is 2.52. The van der Waals surface area contributed by atoms with Gasteiger partial charge in [-0.15, -0.1) is 0 Å². The second-order valence-electron chi connectivity index (χ2n) is 3.35. The van der Waals surface area contributed by atoms with Crippen molar-refractivity contribution in [2.24, 2.45) is 0 Å². The minimum atomic E-state index is 0.409. The molecule has 0 saturated carbocycles. The summed E-state index contributed by atoms with van der Waals surface area (Å²) >= 11 is 5.02. The lowest BCUT2D eigenvalue weighted by molar-refractivity contribution is 0.122. The van der Waals surface area contributed by atoms with Crippen molar-refractivity contribution in [1.29, 1.82) is 0 Å². The summed E-state index contributed by atoms with van der Waals surface area (Å²) in [4.78, 5) is 13.7. The highest BCUT2D eigenvalue weighted by Crippen LogP contribution is 2.09. The molecule has 2 rings (SSSR count). The van der Waals surface area contributed by atoms with E-state index < -0.39 is 0 Å². The van der Waals surface area contributed by atoms with Gasteiger partial charge in [0, 0.05) is 19.5 Å². The Morgan fingerprint density at radius 1 is 1.40 bits per heavy atom. The Kier molecular flexibility index (Phi) is 3.27. The first-order valence-corrected chi connectivity index (χ1v) is 5.50. The third-order valence-electron chi connectivity index (χ3n) is 2.33. The third kappa shape index (κ3) is 2.51. The van der Waals surface area contributed by atoms with Gasteiger partial charge in [0.15, 0.2) is 0 Å². The van der Waals surface area contributed by atoms with Crippen LogP contribution in [0.4, 0.5) is 5.95 Å². The molecule has 0 bridgehead atoms. The Morgan fingerprint density at radius 2 is 2.13 bits per heavy atom. The maximum absolute atomic E-state index is 5.28. The van der Waals surface area contributed by atoms with Crippen LogP contribution in [0.5, 0.6) is 0 Å². The maximum Gasteiger partial charge on any atom is 0.224 e. The second kappa shape index (κ2) is 4.67. The van der Waals surface area contributed by atoms with Crippen LogP contribution in [0.25, 0.3) is 0 Å². The fraction of sp³-hybridized carbons (Fsp3) is 0.667. The molecular weight excluding hydrogens is 212 g/mol. The summed E-state index contributed by atoms with van der Waals surface area (Å²) in [7, 11) is 0. The monoisotopic (exact) mass is 226 g/mol. The molecule has 0 radical (unpaired) electrons. The van der Waals surface area contributed by atoms with Crippen LogP contribution in [0, 0.1) is 4.77 Å². The zero-order valence-electron chi connectivity index (χ0n) is 8.69. The van der Waals surface area contributed by atoms with Gasteiger partial charge >= 0.3 is 0 Å². The Labute approximate surface area is 93.5 Å². The summed E-state index contributed by atoms with van der Waals surface area (Å²) < 4.78 is 5.69. The highest BCUT2D eigenvalue weighted by molar-refractivity contribution is 7.71. The zero-order valence-corrected chi connectivity index (χ0v) is 9.51. The molecule has 1 aromatic heterocycles. The van der Waals surface area contributed by atoms with E-state index in [0.29, 0.717) is 4.77 Å². The average molecular weight is 226 g/mol. The largest absolute Gasteiger partial charge is 0.378 e. The number of aryl methyl sites for hydroxylation is 1. The Balaban J connectivity index is 2.26. The van der Waals surface area contributed by atoms with Gasteiger partial charge in [-0.1, -0.05) is 6.92 Å². The van der Waals surface area contributed by atoms with E-state index in [0.717, 1.165) is 44.5 Å². The lowest BCUT2D eigenvalue weighted by Crippen LogP contribution is -2.37. The minimum Gasteiger partial charge on any atom is -0.378 e. The molecule has 0 unspecified atom stereocenters. The molecule has 1 fully saturated rings. The van der Waals surface area contributed by atoms with Crippen LogP contribution in [0.15, 0.2) is 0 Å². The quantitative estimate of drug-likeness (QED) is 0.760. The number of H-pyrrole nitrogens is 1. The topological polar surface area (TPSA) is 54.0 Å². The van der Waals surface area contributed by atoms with Gasteiger partial charge in [-0.3, -0.25) is 0 Å². The second-order valence-corrected chi connectivity index (χ2v) is 3.72. The summed E-state index contributed by atoms with van der Waals surface area (Å²) in [6.45, 7) is 5.23. The molecule has 6 heteroatoms. The summed E-state index contributed by atoms with van der Waals surface area (Å²) in [6, 6.07) is 0. The van der Waals surface area contributed by atoms with Crippen molar-refractivity contribution in [2.75, 3.05) is 31.2 Å². The Morgan fingerprint density at radius 3 is 2.80 bits per heavy atom. The molecule has 2 heterocycles. The number of ether oxygens (including phenoxy) is 1. The number of hydrogen-bond donors (Lipinski definition) is 1. The van der Waals surface area contributed by atoms with Gasteiger partial charge in [-0.2, -0.15) is 4.98 Å². The van der Waals surface area contributed by atoms with Crippen LogP contribution in [0.2, 0.25) is 0 Å². The number of nitrogens with zero attached hydrogens (tertiary/aromatic N) is 3. The highest BCUT2D eigenvalue weighted by atomic mass is 32.1. The zero-order chi connectivity index (χ0) is 10.7. The van der Waals surface area contributed by atoms with Crippen LogP contribution in [0.3, 0.4) is 0 Å². The molecule has 5 nitrogen and oxygen atoms in total. The molecule has 0 spiro atoms. The fourth-order valence-corrected chi connectivity index (χ4v) is 1.71. The first-order valence-electron chi connectivity index (χ1n) is 5.09. The van der Waals surface area contributed by atoms with Gasteiger partial charge in [-0.05, 0) is 12.2 Å². The smallest absolute Gasteiger partial charge is 0.224 e. The molecule has 1 saturated heterocycles. The van der Waals surface area contributed by atoms with Crippen LogP contribution >= 0.6 is 12.2 Å². The number of nitrogens with one attached hydrogen (secondary N) is 1. The van der Waals surface area contributed by atoms with Crippen LogP contribution < -0.4 is 4.90 Å². The molecule has 0 aliphatic carbocycles. The summed E-state index contributed by atoms with van der Waals surface area (Å²) in [5.41, 5.74) is 0. The SMILES string of the molecule is CCc1nc(=S)nc(N2CCOCC2)[nH]1. The highest BCUT2D eigenvalue weighted by Gasteiger charge is 2.13. The van der Waals surface area contributed by atoms with Crippen molar-refractivity contribution < 1.29 is 4.74 Å². The summed E-state index contributed by atoms with van der Waals surface area (Å²) in [6.07, 6.45) is 0.837. The number of aromatic amines is 1. The van der Waals surface area contributed by atoms with Gasteiger partial charge in [0.2, 0.25) is 10.7 Å². The van der Waals surface area contributed by atoms with Crippen molar-refractivity contribution in [2.45, 2.75) is 13.3 Å². The average Bonchev–Trinajstić information content (AvgIpc) is 2.29. The van der Waals surface area contributed by atoms with E-state index in [4.69, 9.17) is 17.0 Å². The van der Waals surface area contributed by atoms with E-state index in [9.17, 15) is 0 Å². The molecule has 15 heavy (non-hydrogen) atoms. The fourth-order valence-electron chi connectivity index (χ4n) is 1.51.